The van der Waals surface area contributed by atoms with Crippen LogP contribution in [0, 0.1) is 18.3 Å². The zero-order valence-electron chi connectivity index (χ0n) is 15.6. The van der Waals surface area contributed by atoms with Gasteiger partial charge in [-0.05, 0) is 38.8 Å². The first-order chi connectivity index (χ1) is 13.0. The van der Waals surface area contributed by atoms with Crippen LogP contribution in [-0.2, 0) is 16.8 Å². The lowest BCUT2D eigenvalue weighted by Gasteiger charge is -2.08. The number of nitriles is 1. The zero-order valence-corrected chi connectivity index (χ0v) is 15.6. The summed E-state index contributed by atoms with van der Waals surface area (Å²) in [6.45, 7) is 6.24. The predicted molar refractivity (Wildman–Crippen MR) is 102 cm³/mol. The molecule has 0 saturated heterocycles. The molecule has 136 valence electrons. The average Bonchev–Trinajstić information content (AvgIpc) is 3.36. The number of aromatic nitrogens is 4. The first-order valence-electron chi connectivity index (χ1n) is 9.00. The van der Waals surface area contributed by atoms with Crippen molar-refractivity contribution in [1.29, 1.82) is 5.26 Å². The fraction of sp³-hybridized carbons (Fsp3) is 0.350. The third kappa shape index (κ3) is 2.93. The maximum atomic E-state index is 11.4. The molecule has 0 unspecified atom stereocenters. The SMILES string of the molecule is CCn1cc(-c2cc(C)nc(C3(C#N)CC3)n2)c2cc(NC(C)=O)ncc21. The molecule has 7 nitrogen and oxygen atoms in total. The number of nitrogens with one attached hydrogen (secondary N) is 1. The summed E-state index contributed by atoms with van der Waals surface area (Å²) in [5.41, 5.74) is 3.01. The quantitative estimate of drug-likeness (QED) is 0.770. The highest BCUT2D eigenvalue weighted by Gasteiger charge is 2.48. The maximum absolute atomic E-state index is 11.4. The first kappa shape index (κ1) is 17.2. The van der Waals surface area contributed by atoms with Crippen LogP contribution in [0.4, 0.5) is 5.82 Å². The molecular formula is C20H20N6O. The van der Waals surface area contributed by atoms with Crippen molar-refractivity contribution in [3.63, 3.8) is 0 Å². The molecule has 7 heteroatoms. The molecule has 0 aromatic carbocycles. The average molecular weight is 360 g/mol. The van der Waals surface area contributed by atoms with Gasteiger partial charge in [0.25, 0.3) is 0 Å². The highest BCUT2D eigenvalue weighted by Crippen LogP contribution is 2.46. The Bertz CT molecular complexity index is 1100. The number of carbonyl (C=O) groups is 1. The minimum Gasteiger partial charge on any atom is -0.346 e. The fourth-order valence-electron chi connectivity index (χ4n) is 3.33. The maximum Gasteiger partial charge on any atom is 0.222 e. The number of aryl methyl sites for hydroxylation is 2. The molecule has 3 aromatic rings. The number of nitrogens with zero attached hydrogens (tertiary/aromatic N) is 5. The minimum absolute atomic E-state index is 0.164. The number of hydrogen-bond acceptors (Lipinski definition) is 5. The van der Waals surface area contributed by atoms with E-state index in [1.807, 2.05) is 25.3 Å². The number of rotatable bonds is 4. The lowest BCUT2D eigenvalue weighted by molar-refractivity contribution is -0.114. The van der Waals surface area contributed by atoms with Crippen molar-refractivity contribution in [2.24, 2.45) is 0 Å². The van der Waals surface area contributed by atoms with Crippen molar-refractivity contribution in [3.8, 4) is 17.3 Å². The molecule has 4 rings (SSSR count). The van der Waals surface area contributed by atoms with Crippen molar-refractivity contribution in [2.45, 2.75) is 45.6 Å². The second-order valence-corrected chi connectivity index (χ2v) is 7.01. The standard InChI is InChI=1S/C20H20N6O/c1-4-26-10-15(14-8-18(24-13(3)27)22-9-17(14)26)16-7-12(2)23-19(25-16)20(11-21)5-6-20/h7-10H,4-6H2,1-3H3,(H,22,24,27). The molecule has 1 fully saturated rings. The Morgan fingerprint density at radius 1 is 1.37 bits per heavy atom. The van der Waals surface area contributed by atoms with Gasteiger partial charge in [0.05, 0.1) is 23.5 Å². The first-order valence-corrected chi connectivity index (χ1v) is 9.00. The van der Waals surface area contributed by atoms with Crippen LogP contribution in [0.2, 0.25) is 0 Å². The van der Waals surface area contributed by atoms with Crippen LogP contribution in [-0.4, -0.2) is 25.4 Å². The van der Waals surface area contributed by atoms with Gasteiger partial charge in [-0.1, -0.05) is 0 Å². The van der Waals surface area contributed by atoms with Crippen molar-refractivity contribution in [2.75, 3.05) is 5.32 Å². The molecular weight excluding hydrogens is 340 g/mol. The topological polar surface area (TPSA) is 96.5 Å². The van der Waals surface area contributed by atoms with Gasteiger partial charge in [-0.3, -0.25) is 4.79 Å². The third-order valence-electron chi connectivity index (χ3n) is 4.93. The zero-order chi connectivity index (χ0) is 19.2. The van der Waals surface area contributed by atoms with Crippen LogP contribution in [0.15, 0.2) is 24.5 Å². The largest absolute Gasteiger partial charge is 0.346 e. The van der Waals surface area contributed by atoms with E-state index >= 15 is 0 Å². The monoisotopic (exact) mass is 360 g/mol. The van der Waals surface area contributed by atoms with E-state index in [-0.39, 0.29) is 5.91 Å². The summed E-state index contributed by atoms with van der Waals surface area (Å²) >= 11 is 0. The molecule has 3 aromatic heterocycles. The summed E-state index contributed by atoms with van der Waals surface area (Å²) in [4.78, 5) is 25.0. The van der Waals surface area contributed by atoms with Gasteiger partial charge in [0.2, 0.25) is 5.91 Å². The predicted octanol–water partition coefficient (Wildman–Crippen LogP) is 3.34. The third-order valence-corrected chi connectivity index (χ3v) is 4.93. The molecule has 0 bridgehead atoms. The minimum atomic E-state index is -0.535. The van der Waals surface area contributed by atoms with Crippen LogP contribution in [0.1, 0.15) is 38.2 Å². The molecule has 27 heavy (non-hydrogen) atoms. The fourth-order valence-corrected chi connectivity index (χ4v) is 3.33. The van der Waals surface area contributed by atoms with E-state index < -0.39 is 5.41 Å². The van der Waals surface area contributed by atoms with E-state index in [9.17, 15) is 10.1 Å². The van der Waals surface area contributed by atoms with E-state index in [0.717, 1.165) is 47.2 Å². The van der Waals surface area contributed by atoms with E-state index in [4.69, 9.17) is 4.98 Å². The summed E-state index contributed by atoms with van der Waals surface area (Å²) in [7, 11) is 0. The molecule has 1 aliphatic carbocycles. The number of hydrogen-bond donors (Lipinski definition) is 1. The number of anilines is 1. The summed E-state index contributed by atoms with van der Waals surface area (Å²) < 4.78 is 2.10. The highest BCUT2D eigenvalue weighted by atomic mass is 16.1. The van der Waals surface area contributed by atoms with Gasteiger partial charge in [-0.25, -0.2) is 15.0 Å². The highest BCUT2D eigenvalue weighted by molar-refractivity contribution is 5.98. The van der Waals surface area contributed by atoms with Gasteiger partial charge in [-0.15, -0.1) is 0 Å². The summed E-state index contributed by atoms with van der Waals surface area (Å²) in [5, 5.41) is 13.2. The molecule has 0 aliphatic heterocycles. The van der Waals surface area contributed by atoms with Gasteiger partial charge in [0.1, 0.15) is 17.1 Å². The van der Waals surface area contributed by atoms with Crippen LogP contribution in [0.3, 0.4) is 0 Å². The molecule has 3 heterocycles. The summed E-state index contributed by atoms with van der Waals surface area (Å²) in [6.07, 6.45) is 5.42. The molecule has 0 atom stereocenters. The van der Waals surface area contributed by atoms with Crippen LogP contribution in [0.5, 0.6) is 0 Å². The van der Waals surface area contributed by atoms with Gasteiger partial charge < -0.3 is 9.88 Å². The molecule has 1 saturated carbocycles. The smallest absolute Gasteiger partial charge is 0.222 e. The van der Waals surface area contributed by atoms with Crippen molar-refractivity contribution in [1.82, 2.24) is 19.5 Å². The Balaban J connectivity index is 1.91. The molecule has 0 spiro atoms. The molecule has 0 radical (unpaired) electrons. The number of carbonyl (C=O) groups excluding carboxylic acids is 1. The Morgan fingerprint density at radius 3 is 2.78 bits per heavy atom. The molecule has 1 aliphatic rings. The van der Waals surface area contributed by atoms with Gasteiger partial charge >= 0.3 is 0 Å². The number of amides is 1. The van der Waals surface area contributed by atoms with Crippen molar-refractivity contribution >= 4 is 22.6 Å². The second-order valence-electron chi connectivity index (χ2n) is 7.01. The Labute approximate surface area is 157 Å². The molecule has 1 N–H and O–H groups in total. The summed E-state index contributed by atoms with van der Waals surface area (Å²) in [5.74, 6) is 0.948. The van der Waals surface area contributed by atoms with Crippen LogP contribution < -0.4 is 5.32 Å². The number of fused-ring (bicyclic) bond motifs is 1. The van der Waals surface area contributed by atoms with Crippen molar-refractivity contribution < 1.29 is 4.79 Å². The van der Waals surface area contributed by atoms with E-state index in [2.05, 4.69) is 32.8 Å². The lowest BCUT2D eigenvalue weighted by Crippen LogP contribution is -2.10. The van der Waals surface area contributed by atoms with Crippen LogP contribution in [0.25, 0.3) is 22.2 Å². The van der Waals surface area contributed by atoms with E-state index in [0.29, 0.717) is 11.6 Å². The van der Waals surface area contributed by atoms with Gasteiger partial charge in [0.15, 0.2) is 0 Å². The molecule has 1 amide bonds. The Kier molecular flexibility index (Phi) is 3.92. The Hall–Kier alpha value is -3.27. The lowest BCUT2D eigenvalue weighted by atomic mass is 10.1. The van der Waals surface area contributed by atoms with Gasteiger partial charge in [-0.2, -0.15) is 5.26 Å². The van der Waals surface area contributed by atoms with Crippen molar-refractivity contribution in [3.05, 3.63) is 36.0 Å². The van der Waals surface area contributed by atoms with E-state index in [1.165, 1.54) is 6.92 Å². The second kappa shape index (κ2) is 6.16. The number of pyridine rings is 1. The van der Waals surface area contributed by atoms with Gasteiger partial charge in [0, 0.05) is 36.3 Å². The van der Waals surface area contributed by atoms with E-state index in [1.54, 1.807) is 6.20 Å². The normalized spacial score (nSPS) is 14.7. The Morgan fingerprint density at radius 2 is 2.15 bits per heavy atom. The summed E-state index contributed by atoms with van der Waals surface area (Å²) in [6, 6.07) is 6.17. The van der Waals surface area contributed by atoms with Crippen LogP contribution >= 0.6 is 0 Å².